The molecule has 0 aliphatic heterocycles. The van der Waals surface area contributed by atoms with Crippen LogP contribution in [0, 0.1) is 5.82 Å². The molecule has 0 spiro atoms. The molecule has 2 aromatic carbocycles. The van der Waals surface area contributed by atoms with Gasteiger partial charge in [0.05, 0.1) is 13.2 Å². The minimum Gasteiger partial charge on any atom is -0.496 e. The van der Waals surface area contributed by atoms with Gasteiger partial charge in [-0.1, -0.05) is 18.2 Å². The molecule has 4 aromatic rings. The summed E-state index contributed by atoms with van der Waals surface area (Å²) in [6.45, 7) is 1.80. The monoisotopic (exact) mass is 422 g/mol. The van der Waals surface area contributed by atoms with Crippen molar-refractivity contribution in [3.8, 4) is 5.75 Å². The lowest BCUT2D eigenvalue weighted by atomic mass is 10.0. The van der Waals surface area contributed by atoms with E-state index in [0.717, 1.165) is 5.56 Å². The van der Waals surface area contributed by atoms with Crippen LogP contribution in [-0.4, -0.2) is 22.7 Å². The summed E-state index contributed by atoms with van der Waals surface area (Å²) in [4.78, 5) is 17.3. The van der Waals surface area contributed by atoms with Gasteiger partial charge in [-0.2, -0.15) is 0 Å². The number of nitrogens with one attached hydrogen (secondary N) is 2. The molecule has 2 amide bonds. The quantitative estimate of drug-likeness (QED) is 0.481. The van der Waals surface area contributed by atoms with Gasteiger partial charge >= 0.3 is 6.03 Å². The van der Waals surface area contributed by atoms with Crippen LogP contribution < -0.4 is 15.4 Å². The van der Waals surface area contributed by atoms with Crippen LogP contribution >= 0.6 is 0 Å². The Morgan fingerprint density at radius 3 is 2.74 bits per heavy atom. The Morgan fingerprint density at radius 1 is 1.19 bits per heavy atom. The van der Waals surface area contributed by atoms with E-state index in [0.29, 0.717) is 28.3 Å². The maximum absolute atomic E-state index is 13.5. The molecule has 31 heavy (non-hydrogen) atoms. The highest BCUT2D eigenvalue weighted by atomic mass is 19.1. The number of benzene rings is 2. The minimum absolute atomic E-state index is 0.340. The standard InChI is InChI=1S/C23H23FN4O3/c1-14(20-13-15-12-16(24)8-9-18(15)31-20)26-23(29)27-21(22-25-10-11-28(22)2)17-6-4-5-7-19(17)30-3/h4-14,21H,1-3H3,(H2,26,27,29). The second-order valence-corrected chi connectivity index (χ2v) is 7.24. The number of aryl methyl sites for hydroxylation is 1. The SMILES string of the molecule is COc1ccccc1C(NC(=O)NC(C)c1cc2cc(F)ccc2o1)c1nccn1C. The predicted molar refractivity (Wildman–Crippen MR) is 114 cm³/mol. The third kappa shape index (κ3) is 4.23. The van der Waals surface area contributed by atoms with Gasteiger partial charge in [-0.15, -0.1) is 0 Å². The van der Waals surface area contributed by atoms with Gasteiger partial charge in [-0.25, -0.2) is 14.2 Å². The molecule has 7 nitrogen and oxygen atoms in total. The lowest BCUT2D eigenvalue weighted by molar-refractivity contribution is 0.233. The molecule has 2 N–H and O–H groups in total. The van der Waals surface area contributed by atoms with Crippen molar-refractivity contribution in [2.45, 2.75) is 19.0 Å². The first-order chi connectivity index (χ1) is 15.0. The van der Waals surface area contributed by atoms with Crippen molar-refractivity contribution in [2.75, 3.05) is 7.11 Å². The number of furan rings is 1. The van der Waals surface area contributed by atoms with Gasteiger partial charge in [-0.3, -0.25) is 0 Å². The van der Waals surface area contributed by atoms with Crippen LogP contribution in [0.1, 0.15) is 36.2 Å². The normalized spacial score (nSPS) is 13.0. The van der Waals surface area contributed by atoms with Crippen LogP contribution in [-0.2, 0) is 7.05 Å². The summed E-state index contributed by atoms with van der Waals surface area (Å²) in [5, 5.41) is 6.50. The number of aromatic nitrogens is 2. The fourth-order valence-corrected chi connectivity index (χ4v) is 3.53. The van der Waals surface area contributed by atoms with Crippen LogP contribution in [0.3, 0.4) is 0 Å². The number of ether oxygens (including phenoxy) is 1. The number of imidazole rings is 1. The van der Waals surface area contributed by atoms with E-state index in [1.165, 1.54) is 12.1 Å². The number of methoxy groups -OCH3 is 1. The molecule has 2 heterocycles. The van der Waals surface area contributed by atoms with Crippen LogP contribution in [0.15, 0.2) is 65.3 Å². The number of halogens is 1. The molecule has 2 unspecified atom stereocenters. The van der Waals surface area contributed by atoms with Gasteiger partial charge in [0.25, 0.3) is 0 Å². The maximum atomic E-state index is 13.5. The fourth-order valence-electron chi connectivity index (χ4n) is 3.53. The van der Waals surface area contributed by atoms with Gasteiger partial charge in [0, 0.05) is 30.4 Å². The molecular weight excluding hydrogens is 399 g/mol. The number of rotatable bonds is 6. The Labute approximate surface area is 178 Å². The van der Waals surface area contributed by atoms with E-state index in [-0.39, 0.29) is 5.82 Å². The van der Waals surface area contributed by atoms with Crippen molar-refractivity contribution in [3.63, 3.8) is 0 Å². The molecule has 0 fully saturated rings. The second-order valence-electron chi connectivity index (χ2n) is 7.24. The number of hydrogen-bond donors (Lipinski definition) is 2. The van der Waals surface area contributed by atoms with E-state index in [4.69, 9.17) is 9.15 Å². The summed E-state index contributed by atoms with van der Waals surface area (Å²) in [5.74, 6) is 1.49. The Hall–Kier alpha value is -3.81. The minimum atomic E-state index is -0.534. The molecule has 2 atom stereocenters. The third-order valence-corrected chi connectivity index (χ3v) is 5.11. The van der Waals surface area contributed by atoms with E-state index in [1.54, 1.807) is 32.4 Å². The van der Waals surface area contributed by atoms with Gasteiger partial charge in [0.1, 0.15) is 34.8 Å². The Balaban J connectivity index is 1.56. The van der Waals surface area contributed by atoms with Crippen molar-refractivity contribution in [2.24, 2.45) is 7.05 Å². The van der Waals surface area contributed by atoms with Gasteiger partial charge in [-0.05, 0) is 37.3 Å². The van der Waals surface area contributed by atoms with Crippen LogP contribution in [0.4, 0.5) is 9.18 Å². The number of fused-ring (bicyclic) bond motifs is 1. The molecule has 0 aliphatic carbocycles. The number of para-hydroxylation sites is 1. The molecule has 0 radical (unpaired) electrons. The molecule has 0 saturated heterocycles. The molecule has 4 rings (SSSR count). The summed E-state index contributed by atoms with van der Waals surface area (Å²) in [6, 6.07) is 12.1. The number of amides is 2. The van der Waals surface area contributed by atoms with Crippen LogP contribution in [0.5, 0.6) is 5.75 Å². The highest BCUT2D eigenvalue weighted by molar-refractivity contribution is 5.79. The maximum Gasteiger partial charge on any atom is 0.316 e. The average Bonchev–Trinajstić information content (AvgIpc) is 3.37. The zero-order chi connectivity index (χ0) is 22.0. The number of nitrogens with zero attached hydrogens (tertiary/aromatic N) is 2. The van der Waals surface area contributed by atoms with Crippen molar-refractivity contribution in [3.05, 3.63) is 83.9 Å². The molecular formula is C23H23FN4O3. The number of carbonyl (C=O) groups is 1. The average molecular weight is 422 g/mol. The largest absolute Gasteiger partial charge is 0.496 e. The smallest absolute Gasteiger partial charge is 0.316 e. The van der Waals surface area contributed by atoms with Crippen LogP contribution in [0.25, 0.3) is 11.0 Å². The van der Waals surface area contributed by atoms with E-state index >= 15 is 0 Å². The van der Waals surface area contributed by atoms with Gasteiger partial charge in [0.2, 0.25) is 0 Å². The lowest BCUT2D eigenvalue weighted by Crippen LogP contribution is -2.40. The molecule has 2 aromatic heterocycles. The number of carbonyl (C=O) groups excluding carboxylic acids is 1. The summed E-state index contributed by atoms with van der Waals surface area (Å²) in [6.07, 6.45) is 3.49. The van der Waals surface area contributed by atoms with Gasteiger partial charge in [0.15, 0.2) is 0 Å². The van der Waals surface area contributed by atoms with Crippen molar-refractivity contribution < 1.29 is 18.3 Å². The Kier molecular flexibility index (Phi) is 5.62. The zero-order valence-electron chi connectivity index (χ0n) is 17.4. The highest BCUT2D eigenvalue weighted by Gasteiger charge is 2.25. The summed E-state index contributed by atoms with van der Waals surface area (Å²) in [7, 11) is 3.45. The van der Waals surface area contributed by atoms with E-state index in [9.17, 15) is 9.18 Å². The fraction of sp³-hybridized carbons (Fsp3) is 0.217. The third-order valence-electron chi connectivity index (χ3n) is 5.11. The predicted octanol–water partition coefficient (Wildman–Crippen LogP) is 4.46. The summed E-state index contributed by atoms with van der Waals surface area (Å²) >= 11 is 0. The topological polar surface area (TPSA) is 81.3 Å². The molecule has 160 valence electrons. The van der Waals surface area contributed by atoms with Gasteiger partial charge < -0.3 is 24.4 Å². The molecule has 0 aliphatic rings. The highest BCUT2D eigenvalue weighted by Crippen LogP contribution is 2.29. The first-order valence-electron chi connectivity index (χ1n) is 9.82. The Bertz CT molecular complexity index is 1220. The summed E-state index contributed by atoms with van der Waals surface area (Å²) in [5.41, 5.74) is 1.34. The number of hydrogen-bond acceptors (Lipinski definition) is 4. The van der Waals surface area contributed by atoms with E-state index < -0.39 is 18.1 Å². The van der Waals surface area contributed by atoms with Crippen molar-refractivity contribution in [1.82, 2.24) is 20.2 Å². The van der Waals surface area contributed by atoms with Crippen LogP contribution in [0.2, 0.25) is 0 Å². The molecule has 0 bridgehead atoms. The number of urea groups is 1. The van der Waals surface area contributed by atoms with Crippen molar-refractivity contribution in [1.29, 1.82) is 0 Å². The first kappa shape index (κ1) is 20.5. The summed E-state index contributed by atoms with van der Waals surface area (Å²) < 4.78 is 26.5. The van der Waals surface area contributed by atoms with E-state index in [1.807, 2.05) is 42.1 Å². The molecule has 0 saturated carbocycles. The zero-order valence-corrected chi connectivity index (χ0v) is 17.4. The second kappa shape index (κ2) is 8.51. The first-order valence-corrected chi connectivity index (χ1v) is 9.82. The Morgan fingerprint density at radius 2 is 2.00 bits per heavy atom. The van der Waals surface area contributed by atoms with Crippen molar-refractivity contribution >= 4 is 17.0 Å². The lowest BCUT2D eigenvalue weighted by Gasteiger charge is -2.22. The molecule has 8 heteroatoms. The van der Waals surface area contributed by atoms with E-state index in [2.05, 4.69) is 15.6 Å².